The number of fused-ring (bicyclic) bond motifs is 1. The fourth-order valence-electron chi connectivity index (χ4n) is 1.46. The Bertz CT molecular complexity index is 497. The molecule has 1 aromatic carbocycles. The highest BCUT2D eigenvalue weighted by atomic mass is 35.5. The topological polar surface area (TPSA) is 29.4 Å². The Labute approximate surface area is 84.7 Å². The van der Waals surface area contributed by atoms with Crippen LogP contribution in [0.5, 0.6) is 0 Å². The van der Waals surface area contributed by atoms with Crippen LogP contribution in [0, 0.1) is 0 Å². The molecule has 1 aliphatic heterocycles. The molecule has 1 atom stereocenters. The highest BCUT2D eigenvalue weighted by Gasteiger charge is 2.23. The summed E-state index contributed by atoms with van der Waals surface area (Å²) in [5.74, 6) is -0.427. The number of rotatable bonds is 2. The van der Waals surface area contributed by atoms with Gasteiger partial charge in [0.05, 0.1) is 10.7 Å². The molecule has 0 fully saturated rings. The maximum absolute atomic E-state index is 12.4. The normalized spacial score (nSPS) is 16.4. The smallest absolute Gasteiger partial charge is 0.267 e. The van der Waals surface area contributed by atoms with E-state index in [2.05, 4.69) is 4.99 Å². The molecule has 4 heteroatoms. The third-order valence-corrected chi connectivity index (χ3v) is 2.43. The van der Waals surface area contributed by atoms with E-state index in [0.29, 0.717) is 10.6 Å². The van der Waals surface area contributed by atoms with Gasteiger partial charge in [-0.15, -0.1) is 11.6 Å². The molecule has 0 N–H and O–H groups in total. The maximum atomic E-state index is 12.4. The summed E-state index contributed by atoms with van der Waals surface area (Å²) in [6.45, 7) is -0.757. The van der Waals surface area contributed by atoms with Crippen molar-refractivity contribution >= 4 is 23.1 Å². The minimum atomic E-state index is -0.894. The number of alkyl halides is 2. The van der Waals surface area contributed by atoms with Crippen molar-refractivity contribution in [3.8, 4) is 0 Å². The van der Waals surface area contributed by atoms with Crippen LogP contribution in [0.2, 0.25) is 0 Å². The van der Waals surface area contributed by atoms with E-state index in [1.54, 1.807) is 24.3 Å². The zero-order valence-electron chi connectivity index (χ0n) is 7.21. The molecule has 0 aromatic heterocycles. The summed E-state index contributed by atoms with van der Waals surface area (Å²) < 4.78 is 12.4. The molecule has 0 saturated heterocycles. The van der Waals surface area contributed by atoms with Crippen molar-refractivity contribution in [3.63, 3.8) is 0 Å². The van der Waals surface area contributed by atoms with Crippen LogP contribution in [-0.2, 0) is 4.79 Å². The summed E-state index contributed by atoms with van der Waals surface area (Å²) in [7, 11) is 0. The predicted octanol–water partition coefficient (Wildman–Crippen LogP) is 0.574. The van der Waals surface area contributed by atoms with Gasteiger partial charge < -0.3 is 0 Å². The Morgan fingerprint density at radius 2 is 2.14 bits per heavy atom. The monoisotopic (exact) mass is 211 g/mol. The lowest BCUT2D eigenvalue weighted by Crippen LogP contribution is -2.25. The highest BCUT2D eigenvalue weighted by Crippen LogP contribution is 2.13. The molecule has 0 aliphatic carbocycles. The first-order valence-corrected chi connectivity index (χ1v) is 4.60. The van der Waals surface area contributed by atoms with Gasteiger partial charge in [-0.2, -0.15) is 0 Å². The molecular formula is C10H7ClFNO. The largest absolute Gasteiger partial charge is 0.275 e. The second-order valence-electron chi connectivity index (χ2n) is 2.97. The van der Waals surface area contributed by atoms with E-state index >= 15 is 0 Å². The first kappa shape index (κ1) is 9.34. The van der Waals surface area contributed by atoms with Crippen molar-refractivity contribution in [1.82, 2.24) is 0 Å². The van der Waals surface area contributed by atoms with E-state index in [1.165, 1.54) is 0 Å². The summed E-state index contributed by atoms with van der Waals surface area (Å²) in [6, 6.07) is 6.98. The molecule has 1 unspecified atom stereocenters. The zero-order valence-corrected chi connectivity index (χ0v) is 7.96. The molecule has 0 radical (unpaired) electrons. The standard InChI is InChI=1S/C10H7ClFNO/c11-7(5-12)9-6-3-1-2-4-8(6)13-10(9)14/h1-4,7H,5H2. The van der Waals surface area contributed by atoms with Crippen molar-refractivity contribution in [2.75, 3.05) is 6.67 Å². The number of hydrogen-bond donors (Lipinski definition) is 0. The lowest BCUT2D eigenvalue weighted by molar-refractivity contribution is -0.112. The van der Waals surface area contributed by atoms with Gasteiger partial charge in [0.2, 0.25) is 0 Å². The van der Waals surface area contributed by atoms with Crippen LogP contribution in [0.3, 0.4) is 0 Å². The molecule has 1 aliphatic rings. The summed E-state index contributed by atoms with van der Waals surface area (Å²) in [4.78, 5) is 15.2. The van der Waals surface area contributed by atoms with E-state index in [4.69, 9.17) is 11.6 Å². The van der Waals surface area contributed by atoms with Gasteiger partial charge in [-0.05, 0) is 6.07 Å². The first-order chi connectivity index (χ1) is 6.74. The van der Waals surface area contributed by atoms with Crippen LogP contribution in [-0.4, -0.2) is 18.0 Å². The lowest BCUT2D eigenvalue weighted by Gasteiger charge is -2.02. The van der Waals surface area contributed by atoms with E-state index in [9.17, 15) is 9.18 Å². The Kier molecular flexibility index (Phi) is 2.33. The van der Waals surface area contributed by atoms with Gasteiger partial charge in [0.25, 0.3) is 5.91 Å². The Morgan fingerprint density at radius 3 is 2.86 bits per heavy atom. The van der Waals surface area contributed by atoms with Crippen LogP contribution in [0.4, 0.5) is 4.39 Å². The minimum Gasteiger partial charge on any atom is -0.267 e. The fraction of sp³-hybridized carbons (Fsp3) is 0.200. The average Bonchev–Trinajstić information content (AvgIpc) is 2.53. The average molecular weight is 212 g/mol. The number of carbonyl (C=O) groups excluding carboxylic acids is 1. The Hall–Kier alpha value is -1.22. The number of para-hydroxylation sites is 1. The minimum absolute atomic E-state index is 0.268. The van der Waals surface area contributed by atoms with E-state index in [1.807, 2.05) is 0 Å². The molecule has 14 heavy (non-hydrogen) atoms. The Balaban J connectivity index is 2.72. The quantitative estimate of drug-likeness (QED) is 0.658. The summed E-state index contributed by atoms with van der Waals surface area (Å²) in [5.41, 5.74) is 0.268. The SMILES string of the molecule is O=C1N=c2ccccc2=C1C(Cl)CF. The van der Waals surface area contributed by atoms with Crippen molar-refractivity contribution in [2.24, 2.45) is 4.99 Å². The van der Waals surface area contributed by atoms with Crippen molar-refractivity contribution < 1.29 is 9.18 Å². The molecule has 0 bridgehead atoms. The van der Waals surface area contributed by atoms with Gasteiger partial charge in [0.1, 0.15) is 6.67 Å². The van der Waals surface area contributed by atoms with Crippen LogP contribution < -0.4 is 10.6 Å². The van der Waals surface area contributed by atoms with E-state index < -0.39 is 18.0 Å². The number of halogens is 2. The molecule has 1 aromatic rings. The lowest BCUT2D eigenvalue weighted by atomic mass is 10.1. The van der Waals surface area contributed by atoms with Gasteiger partial charge in [-0.25, -0.2) is 9.38 Å². The van der Waals surface area contributed by atoms with Crippen molar-refractivity contribution in [1.29, 1.82) is 0 Å². The second kappa shape index (κ2) is 3.50. The summed E-state index contributed by atoms with van der Waals surface area (Å²) in [5, 5.41) is 0.330. The van der Waals surface area contributed by atoms with Crippen molar-refractivity contribution in [2.45, 2.75) is 5.38 Å². The van der Waals surface area contributed by atoms with Crippen LogP contribution in [0.15, 0.2) is 29.3 Å². The fourth-order valence-corrected chi connectivity index (χ4v) is 1.67. The first-order valence-electron chi connectivity index (χ1n) is 4.16. The third kappa shape index (κ3) is 1.34. The number of benzene rings is 1. The van der Waals surface area contributed by atoms with E-state index in [-0.39, 0.29) is 5.57 Å². The second-order valence-corrected chi connectivity index (χ2v) is 3.50. The maximum Gasteiger partial charge on any atom is 0.275 e. The van der Waals surface area contributed by atoms with Crippen LogP contribution in [0.1, 0.15) is 0 Å². The molecule has 72 valence electrons. The van der Waals surface area contributed by atoms with Gasteiger partial charge in [0.15, 0.2) is 0 Å². The number of amides is 1. The van der Waals surface area contributed by atoms with Crippen LogP contribution >= 0.6 is 11.6 Å². The molecule has 2 rings (SSSR count). The van der Waals surface area contributed by atoms with Gasteiger partial charge >= 0.3 is 0 Å². The van der Waals surface area contributed by atoms with Crippen molar-refractivity contribution in [3.05, 3.63) is 34.8 Å². The zero-order chi connectivity index (χ0) is 10.1. The molecular weight excluding hydrogens is 205 g/mol. The number of carbonyl (C=O) groups is 1. The predicted molar refractivity (Wildman–Crippen MR) is 51.3 cm³/mol. The molecule has 1 amide bonds. The molecule has 2 nitrogen and oxygen atoms in total. The number of nitrogens with zero attached hydrogens (tertiary/aromatic N) is 1. The van der Waals surface area contributed by atoms with E-state index in [0.717, 1.165) is 0 Å². The Morgan fingerprint density at radius 1 is 1.43 bits per heavy atom. The highest BCUT2D eigenvalue weighted by molar-refractivity contribution is 6.34. The van der Waals surface area contributed by atoms with Crippen LogP contribution in [0.25, 0.3) is 5.57 Å². The summed E-state index contributed by atoms with van der Waals surface area (Å²) >= 11 is 5.70. The third-order valence-electron chi connectivity index (χ3n) is 2.10. The van der Waals surface area contributed by atoms with Gasteiger partial charge in [-0.1, -0.05) is 18.2 Å². The number of hydrogen-bond acceptors (Lipinski definition) is 1. The molecule has 1 heterocycles. The van der Waals surface area contributed by atoms with Gasteiger partial charge in [-0.3, -0.25) is 4.79 Å². The van der Waals surface area contributed by atoms with Gasteiger partial charge in [0, 0.05) is 10.8 Å². The molecule has 0 spiro atoms. The summed E-state index contributed by atoms with van der Waals surface area (Å²) in [6.07, 6.45) is 0. The molecule has 0 saturated carbocycles.